The third-order valence-electron chi connectivity index (χ3n) is 4.40. The first-order valence-corrected chi connectivity index (χ1v) is 10.6. The van der Waals surface area contributed by atoms with Gasteiger partial charge in [0.05, 0.1) is 32.7 Å². The molecule has 0 bridgehead atoms. The summed E-state index contributed by atoms with van der Waals surface area (Å²) >= 11 is 6.29. The van der Waals surface area contributed by atoms with Crippen LogP contribution < -0.4 is 10.6 Å². The van der Waals surface area contributed by atoms with Gasteiger partial charge in [0.25, 0.3) is 6.43 Å². The van der Waals surface area contributed by atoms with Crippen LogP contribution in [0.2, 0.25) is 0 Å². The fourth-order valence-electron chi connectivity index (χ4n) is 2.86. The Hall–Kier alpha value is -2.23. The standard InChI is InChI=1S/C20H16Br2F5N3O2/c21-13-7-10(8-14(22)17(13)31)9-15(19(32)29-6-5-28)30-16(18(23)24)11-1-3-12(4-2-11)20(25,26)27/h1-4,7-8,15-16,18,30-31H,6,9H2,(H,29,32)/t15-,16-/m0/s1. The van der Waals surface area contributed by atoms with Gasteiger partial charge in [0, 0.05) is 0 Å². The van der Waals surface area contributed by atoms with Gasteiger partial charge in [-0.25, -0.2) is 8.78 Å². The van der Waals surface area contributed by atoms with Crippen molar-refractivity contribution in [2.75, 3.05) is 6.54 Å². The number of benzene rings is 2. The third-order valence-corrected chi connectivity index (χ3v) is 5.61. The Bertz CT molecular complexity index is 971. The van der Waals surface area contributed by atoms with Gasteiger partial charge >= 0.3 is 6.18 Å². The molecule has 0 saturated heterocycles. The van der Waals surface area contributed by atoms with E-state index in [1.807, 2.05) is 0 Å². The molecule has 32 heavy (non-hydrogen) atoms. The smallest absolute Gasteiger partial charge is 0.416 e. The van der Waals surface area contributed by atoms with Gasteiger partial charge in [-0.2, -0.15) is 18.4 Å². The first kappa shape index (κ1) is 26.0. The second kappa shape index (κ2) is 11.1. The number of hydrogen-bond acceptors (Lipinski definition) is 4. The molecule has 0 saturated carbocycles. The zero-order valence-corrected chi connectivity index (χ0v) is 19.2. The molecule has 2 aromatic rings. The maximum absolute atomic E-state index is 13.8. The Balaban J connectivity index is 2.34. The van der Waals surface area contributed by atoms with Crippen LogP contribution in [0.4, 0.5) is 22.0 Å². The van der Waals surface area contributed by atoms with Gasteiger partial charge in [-0.15, -0.1) is 0 Å². The lowest BCUT2D eigenvalue weighted by Gasteiger charge is -2.25. The summed E-state index contributed by atoms with van der Waals surface area (Å²) in [6.07, 6.45) is -7.78. The van der Waals surface area contributed by atoms with Crippen molar-refractivity contribution < 1.29 is 31.9 Å². The summed E-state index contributed by atoms with van der Waals surface area (Å²) in [5.74, 6) is -0.841. The molecule has 0 radical (unpaired) electrons. The van der Waals surface area contributed by atoms with Crippen molar-refractivity contribution >= 4 is 37.8 Å². The number of amides is 1. The molecule has 3 N–H and O–H groups in total. The highest BCUT2D eigenvalue weighted by atomic mass is 79.9. The lowest BCUT2D eigenvalue weighted by Crippen LogP contribution is -2.48. The number of hydrogen-bond donors (Lipinski definition) is 3. The van der Waals surface area contributed by atoms with E-state index in [2.05, 4.69) is 42.5 Å². The molecular weight excluding hydrogens is 569 g/mol. The van der Waals surface area contributed by atoms with Crippen LogP contribution in [0.1, 0.15) is 22.7 Å². The zero-order chi connectivity index (χ0) is 24.1. The second-order valence-corrected chi connectivity index (χ2v) is 8.35. The number of aromatic hydroxyl groups is 1. The van der Waals surface area contributed by atoms with Crippen molar-refractivity contribution in [1.82, 2.24) is 10.6 Å². The molecule has 0 aliphatic heterocycles. The van der Waals surface area contributed by atoms with Crippen molar-refractivity contribution in [3.63, 3.8) is 0 Å². The highest BCUT2D eigenvalue weighted by Crippen LogP contribution is 2.34. The van der Waals surface area contributed by atoms with Gasteiger partial charge in [-0.05, 0) is 73.7 Å². The number of carbonyl (C=O) groups is 1. The fraction of sp³-hybridized carbons (Fsp3) is 0.300. The Morgan fingerprint density at radius 2 is 1.69 bits per heavy atom. The van der Waals surface area contributed by atoms with Crippen LogP contribution in [-0.2, 0) is 17.4 Å². The minimum atomic E-state index is -4.62. The van der Waals surface area contributed by atoms with E-state index in [1.165, 1.54) is 12.1 Å². The van der Waals surface area contributed by atoms with Crippen LogP contribution in [-0.4, -0.2) is 30.0 Å². The number of nitriles is 1. The van der Waals surface area contributed by atoms with E-state index in [4.69, 9.17) is 5.26 Å². The van der Waals surface area contributed by atoms with E-state index in [0.29, 0.717) is 26.6 Å². The fourth-order valence-corrected chi connectivity index (χ4v) is 4.14. The number of phenolic OH excluding ortho intramolecular Hbond substituents is 1. The van der Waals surface area contributed by atoms with Gasteiger partial charge in [-0.3, -0.25) is 10.1 Å². The van der Waals surface area contributed by atoms with Crippen LogP contribution >= 0.6 is 31.9 Å². The molecule has 0 aromatic heterocycles. The lowest BCUT2D eigenvalue weighted by atomic mass is 10.0. The van der Waals surface area contributed by atoms with Gasteiger partial charge in [-0.1, -0.05) is 12.1 Å². The van der Waals surface area contributed by atoms with E-state index in [9.17, 15) is 31.9 Å². The number of phenols is 1. The van der Waals surface area contributed by atoms with Crippen LogP contribution in [0, 0.1) is 11.3 Å². The van der Waals surface area contributed by atoms with Crippen molar-refractivity contribution in [1.29, 1.82) is 5.26 Å². The van der Waals surface area contributed by atoms with Crippen LogP contribution in [0.25, 0.3) is 0 Å². The zero-order valence-electron chi connectivity index (χ0n) is 16.1. The monoisotopic (exact) mass is 583 g/mol. The predicted molar refractivity (Wildman–Crippen MR) is 113 cm³/mol. The van der Waals surface area contributed by atoms with Gasteiger partial charge in [0.2, 0.25) is 5.91 Å². The summed E-state index contributed by atoms with van der Waals surface area (Å²) in [5.41, 5.74) is -0.651. The van der Waals surface area contributed by atoms with Gasteiger partial charge < -0.3 is 10.4 Å². The van der Waals surface area contributed by atoms with E-state index in [0.717, 1.165) is 12.1 Å². The molecule has 2 aromatic carbocycles. The maximum Gasteiger partial charge on any atom is 0.416 e. The largest absolute Gasteiger partial charge is 0.506 e. The molecule has 172 valence electrons. The lowest BCUT2D eigenvalue weighted by molar-refractivity contribution is -0.137. The van der Waals surface area contributed by atoms with E-state index in [1.54, 1.807) is 6.07 Å². The number of halogens is 7. The normalized spacial score (nSPS) is 13.5. The predicted octanol–water partition coefficient (Wildman–Crippen LogP) is 5.08. The molecule has 2 atom stereocenters. The Morgan fingerprint density at radius 1 is 1.12 bits per heavy atom. The minimum Gasteiger partial charge on any atom is -0.506 e. The van der Waals surface area contributed by atoms with Crippen LogP contribution in [0.5, 0.6) is 5.75 Å². The van der Waals surface area contributed by atoms with Crippen LogP contribution in [0.15, 0.2) is 45.3 Å². The summed E-state index contributed by atoms with van der Waals surface area (Å²) in [7, 11) is 0. The Kier molecular flexibility index (Phi) is 9.00. The average molecular weight is 585 g/mol. The molecule has 1 amide bonds. The van der Waals surface area contributed by atoms with Crippen molar-refractivity contribution in [2.24, 2.45) is 0 Å². The number of carbonyl (C=O) groups excluding carboxylic acids is 1. The van der Waals surface area contributed by atoms with Gasteiger partial charge in [0.1, 0.15) is 12.3 Å². The highest BCUT2D eigenvalue weighted by Gasteiger charge is 2.32. The first-order valence-electron chi connectivity index (χ1n) is 8.97. The first-order chi connectivity index (χ1) is 14.9. The van der Waals surface area contributed by atoms with Crippen molar-refractivity contribution in [3.8, 4) is 11.8 Å². The quantitative estimate of drug-likeness (QED) is 0.298. The SMILES string of the molecule is N#CCNC(=O)[C@H](Cc1cc(Br)c(O)c(Br)c1)N[C@@H](c1ccc(C(F)(F)F)cc1)C(F)F. The number of rotatable bonds is 8. The molecule has 2 rings (SSSR count). The molecule has 5 nitrogen and oxygen atoms in total. The number of alkyl halides is 5. The molecule has 0 fully saturated rings. The van der Waals surface area contributed by atoms with Crippen molar-refractivity contribution in [3.05, 3.63) is 62.0 Å². The Labute approximate surface area is 196 Å². The molecule has 0 aliphatic rings. The maximum atomic E-state index is 13.8. The van der Waals surface area contributed by atoms with Crippen LogP contribution in [0.3, 0.4) is 0 Å². The van der Waals surface area contributed by atoms with E-state index >= 15 is 0 Å². The molecular formula is C20H16Br2F5N3O2. The average Bonchev–Trinajstić information content (AvgIpc) is 2.72. The van der Waals surface area contributed by atoms with Crippen molar-refractivity contribution in [2.45, 2.75) is 31.1 Å². The molecule has 0 aliphatic carbocycles. The Morgan fingerprint density at radius 3 is 2.16 bits per heavy atom. The summed E-state index contributed by atoms with van der Waals surface area (Å²) in [5, 5.41) is 23.3. The summed E-state index contributed by atoms with van der Waals surface area (Å²) in [6.45, 7) is -0.362. The number of nitrogens with one attached hydrogen (secondary N) is 2. The molecule has 0 spiro atoms. The number of nitrogens with zero attached hydrogens (tertiary/aromatic N) is 1. The topological polar surface area (TPSA) is 85.2 Å². The molecule has 12 heteroatoms. The third kappa shape index (κ3) is 6.88. The summed E-state index contributed by atoms with van der Waals surface area (Å²) in [6, 6.07) is 4.89. The summed E-state index contributed by atoms with van der Waals surface area (Å²) in [4.78, 5) is 12.5. The van der Waals surface area contributed by atoms with E-state index < -0.39 is 36.2 Å². The van der Waals surface area contributed by atoms with Gasteiger partial charge in [0.15, 0.2) is 0 Å². The second-order valence-electron chi connectivity index (χ2n) is 6.64. The van der Waals surface area contributed by atoms with E-state index in [-0.39, 0.29) is 24.3 Å². The molecule has 0 heterocycles. The highest BCUT2D eigenvalue weighted by molar-refractivity contribution is 9.11. The minimum absolute atomic E-state index is 0.0950. The summed E-state index contributed by atoms with van der Waals surface area (Å²) < 4.78 is 66.5. The molecule has 0 unspecified atom stereocenters.